The van der Waals surface area contributed by atoms with Crippen LogP contribution in [-0.4, -0.2) is 34.5 Å². The fourth-order valence-electron chi connectivity index (χ4n) is 2.82. The Morgan fingerprint density at radius 2 is 2.15 bits per heavy atom. The topological polar surface area (TPSA) is 57.6 Å². The van der Waals surface area contributed by atoms with Crippen LogP contribution in [0, 0.1) is 5.92 Å². The molecule has 2 atom stereocenters. The Hall–Kier alpha value is -1.88. The predicted molar refractivity (Wildman–Crippen MR) is 78.1 cm³/mol. The zero-order valence-electron chi connectivity index (χ0n) is 11.1. The van der Waals surface area contributed by atoms with Crippen molar-refractivity contribution < 1.29 is 14.7 Å². The Morgan fingerprint density at radius 3 is 2.85 bits per heavy atom. The zero-order chi connectivity index (χ0) is 14.3. The van der Waals surface area contributed by atoms with Gasteiger partial charge in [0.05, 0.1) is 5.92 Å². The first-order valence-corrected chi connectivity index (χ1v) is 7.47. The summed E-state index contributed by atoms with van der Waals surface area (Å²) in [5.41, 5.74) is 0.633. The molecule has 20 heavy (non-hydrogen) atoms. The highest BCUT2D eigenvalue weighted by Gasteiger charge is 2.38. The van der Waals surface area contributed by atoms with Crippen LogP contribution in [-0.2, 0) is 4.79 Å². The van der Waals surface area contributed by atoms with E-state index in [9.17, 15) is 9.59 Å². The smallest absolute Gasteiger partial charge is 0.308 e. The molecule has 1 aliphatic heterocycles. The van der Waals surface area contributed by atoms with Crippen molar-refractivity contribution in [2.75, 3.05) is 6.54 Å². The van der Waals surface area contributed by atoms with Crippen LogP contribution < -0.4 is 0 Å². The van der Waals surface area contributed by atoms with Crippen LogP contribution >= 0.6 is 11.3 Å². The van der Waals surface area contributed by atoms with Gasteiger partial charge in [0, 0.05) is 22.8 Å². The molecule has 2 unspecified atom stereocenters. The van der Waals surface area contributed by atoms with Crippen LogP contribution in [0.3, 0.4) is 0 Å². The molecule has 5 heteroatoms. The summed E-state index contributed by atoms with van der Waals surface area (Å²) in [5, 5.41) is 12.2. The SMILES string of the molecule is CC1C(C(=O)O)CCN1C(=O)c1ccc2sccc2c1. The number of fused-ring (bicyclic) bond motifs is 1. The van der Waals surface area contributed by atoms with E-state index in [2.05, 4.69) is 0 Å². The molecule has 1 aromatic carbocycles. The molecule has 3 rings (SSSR count). The lowest BCUT2D eigenvalue weighted by molar-refractivity contribution is -0.142. The molecule has 1 N–H and O–H groups in total. The molecule has 0 saturated carbocycles. The molecule has 4 nitrogen and oxygen atoms in total. The summed E-state index contributed by atoms with van der Waals surface area (Å²) in [5.74, 6) is -1.35. The number of carboxylic acids is 1. The molecule has 2 aromatic rings. The maximum atomic E-state index is 12.5. The number of likely N-dealkylation sites (tertiary alicyclic amines) is 1. The third-order valence-corrected chi connectivity index (χ3v) is 4.93. The quantitative estimate of drug-likeness (QED) is 0.925. The molecule has 0 aliphatic carbocycles. The standard InChI is InChI=1S/C15H15NO3S/c1-9-12(15(18)19)4-6-16(9)14(17)11-2-3-13-10(8-11)5-7-20-13/h2-3,5,7-9,12H,4,6H2,1H3,(H,18,19). The van der Waals surface area contributed by atoms with Crippen LogP contribution in [0.1, 0.15) is 23.7 Å². The van der Waals surface area contributed by atoms with E-state index in [1.807, 2.05) is 36.6 Å². The highest BCUT2D eigenvalue weighted by Crippen LogP contribution is 2.28. The largest absolute Gasteiger partial charge is 0.481 e. The van der Waals surface area contributed by atoms with E-state index in [4.69, 9.17) is 5.11 Å². The number of rotatable bonds is 2. The second-order valence-electron chi connectivity index (χ2n) is 5.15. The number of aliphatic carboxylic acids is 1. The summed E-state index contributed by atoms with van der Waals surface area (Å²) in [7, 11) is 0. The minimum atomic E-state index is -0.818. The lowest BCUT2D eigenvalue weighted by Crippen LogP contribution is -2.37. The molecule has 1 saturated heterocycles. The first-order valence-electron chi connectivity index (χ1n) is 6.59. The molecule has 1 amide bonds. The van der Waals surface area contributed by atoms with Gasteiger partial charge in [0.2, 0.25) is 0 Å². The lowest BCUT2D eigenvalue weighted by Gasteiger charge is -2.23. The van der Waals surface area contributed by atoms with E-state index in [0.29, 0.717) is 18.5 Å². The first kappa shape index (κ1) is 13.1. The number of carbonyl (C=O) groups excluding carboxylic acids is 1. The number of thiophene rings is 1. The molecule has 104 valence electrons. The number of amides is 1. The molecule has 0 bridgehead atoms. The van der Waals surface area contributed by atoms with E-state index in [1.54, 1.807) is 16.2 Å². The van der Waals surface area contributed by atoms with E-state index in [-0.39, 0.29) is 11.9 Å². The van der Waals surface area contributed by atoms with Crippen molar-refractivity contribution in [1.29, 1.82) is 0 Å². The van der Waals surface area contributed by atoms with Gasteiger partial charge in [-0.05, 0) is 48.4 Å². The van der Waals surface area contributed by atoms with Gasteiger partial charge in [0.1, 0.15) is 0 Å². The van der Waals surface area contributed by atoms with Gasteiger partial charge in [0.25, 0.3) is 5.91 Å². The van der Waals surface area contributed by atoms with Crippen LogP contribution in [0.25, 0.3) is 10.1 Å². The zero-order valence-corrected chi connectivity index (χ0v) is 11.9. The van der Waals surface area contributed by atoms with E-state index < -0.39 is 11.9 Å². The van der Waals surface area contributed by atoms with Gasteiger partial charge in [-0.25, -0.2) is 0 Å². The van der Waals surface area contributed by atoms with Crippen molar-refractivity contribution in [3.63, 3.8) is 0 Å². The predicted octanol–water partition coefficient (Wildman–Crippen LogP) is 2.84. The monoisotopic (exact) mass is 289 g/mol. The Bertz CT molecular complexity index is 679. The van der Waals surface area contributed by atoms with Crippen LogP contribution in [0.2, 0.25) is 0 Å². The highest BCUT2D eigenvalue weighted by molar-refractivity contribution is 7.17. The second kappa shape index (κ2) is 4.90. The van der Waals surface area contributed by atoms with Gasteiger partial charge in [0.15, 0.2) is 0 Å². The number of hydrogen-bond donors (Lipinski definition) is 1. The molecule has 0 spiro atoms. The molecule has 1 fully saturated rings. The van der Waals surface area contributed by atoms with Crippen molar-refractivity contribution in [3.8, 4) is 0 Å². The van der Waals surface area contributed by atoms with Crippen molar-refractivity contribution in [3.05, 3.63) is 35.2 Å². The first-order chi connectivity index (χ1) is 9.58. The average molecular weight is 289 g/mol. The van der Waals surface area contributed by atoms with Crippen molar-refractivity contribution >= 4 is 33.3 Å². The van der Waals surface area contributed by atoms with Crippen LogP contribution in [0.15, 0.2) is 29.6 Å². The van der Waals surface area contributed by atoms with Gasteiger partial charge < -0.3 is 10.0 Å². The number of hydrogen-bond acceptors (Lipinski definition) is 3. The van der Waals surface area contributed by atoms with E-state index >= 15 is 0 Å². The molecule has 1 aromatic heterocycles. The third kappa shape index (κ3) is 2.08. The van der Waals surface area contributed by atoms with Gasteiger partial charge in [-0.15, -0.1) is 11.3 Å². The number of nitrogens with zero attached hydrogens (tertiary/aromatic N) is 1. The summed E-state index contributed by atoms with van der Waals surface area (Å²) >= 11 is 1.64. The molecule has 1 aliphatic rings. The van der Waals surface area contributed by atoms with Gasteiger partial charge in [-0.1, -0.05) is 0 Å². The molecular weight excluding hydrogens is 274 g/mol. The van der Waals surface area contributed by atoms with Gasteiger partial charge in [-0.3, -0.25) is 9.59 Å². The fourth-order valence-corrected chi connectivity index (χ4v) is 3.59. The summed E-state index contributed by atoms with van der Waals surface area (Å²) in [4.78, 5) is 25.3. The Balaban J connectivity index is 1.87. The second-order valence-corrected chi connectivity index (χ2v) is 6.09. The highest BCUT2D eigenvalue weighted by atomic mass is 32.1. The Kier molecular flexibility index (Phi) is 3.22. The van der Waals surface area contributed by atoms with Crippen molar-refractivity contribution in [2.24, 2.45) is 5.92 Å². The number of carboxylic acid groups (broad SMARTS) is 1. The molecular formula is C15H15NO3S. The average Bonchev–Trinajstić information content (AvgIpc) is 3.03. The maximum absolute atomic E-state index is 12.5. The summed E-state index contributed by atoms with van der Waals surface area (Å²) in [6.45, 7) is 2.32. The molecule has 2 heterocycles. The molecule has 0 radical (unpaired) electrons. The summed E-state index contributed by atoms with van der Waals surface area (Å²) in [6.07, 6.45) is 0.531. The van der Waals surface area contributed by atoms with Crippen molar-refractivity contribution in [2.45, 2.75) is 19.4 Å². The minimum absolute atomic E-state index is 0.0747. The Morgan fingerprint density at radius 1 is 1.35 bits per heavy atom. The van der Waals surface area contributed by atoms with E-state index in [0.717, 1.165) is 10.1 Å². The lowest BCUT2D eigenvalue weighted by atomic mass is 10.0. The normalized spacial score (nSPS) is 22.4. The van der Waals surface area contributed by atoms with Crippen molar-refractivity contribution in [1.82, 2.24) is 4.90 Å². The fraction of sp³-hybridized carbons (Fsp3) is 0.333. The number of carbonyl (C=O) groups is 2. The number of benzene rings is 1. The summed E-state index contributed by atoms with van der Waals surface area (Å²) in [6, 6.07) is 7.39. The Labute approximate surface area is 120 Å². The maximum Gasteiger partial charge on any atom is 0.308 e. The summed E-state index contributed by atoms with van der Waals surface area (Å²) < 4.78 is 1.15. The third-order valence-electron chi connectivity index (χ3n) is 4.03. The van der Waals surface area contributed by atoms with Gasteiger partial charge >= 0.3 is 5.97 Å². The van der Waals surface area contributed by atoms with E-state index in [1.165, 1.54) is 0 Å². The minimum Gasteiger partial charge on any atom is -0.481 e. The van der Waals surface area contributed by atoms with Crippen LogP contribution in [0.5, 0.6) is 0 Å². The van der Waals surface area contributed by atoms with Crippen LogP contribution in [0.4, 0.5) is 0 Å². The van der Waals surface area contributed by atoms with Gasteiger partial charge in [-0.2, -0.15) is 0 Å².